The van der Waals surface area contributed by atoms with Gasteiger partial charge in [0.25, 0.3) is 0 Å². The van der Waals surface area contributed by atoms with E-state index in [2.05, 4.69) is 0 Å². The Morgan fingerprint density at radius 1 is 0.917 bits per heavy atom. The van der Waals surface area contributed by atoms with Crippen LogP contribution in [0, 0.1) is 23.7 Å². The number of ether oxygens (including phenoxy) is 2. The number of halogens is 1. The number of alkyl halides is 1. The average molecular weight is 359 g/mol. The lowest BCUT2D eigenvalue weighted by molar-refractivity contribution is -0.164. The smallest absolute Gasteiger partial charge is 0.309 e. The fourth-order valence-corrected chi connectivity index (χ4v) is 4.05. The Bertz CT molecular complexity index is 424. The van der Waals surface area contributed by atoms with Crippen LogP contribution in [0.5, 0.6) is 0 Å². The minimum atomic E-state index is -0.351. The molecule has 2 aliphatic carbocycles. The molecule has 0 spiro atoms. The van der Waals surface area contributed by atoms with E-state index in [1.807, 2.05) is 13.8 Å². The molecule has 2 rings (SSSR count). The summed E-state index contributed by atoms with van der Waals surface area (Å²) in [6, 6.07) is 0. The summed E-state index contributed by atoms with van der Waals surface area (Å²) in [6.45, 7) is 4.81. The van der Waals surface area contributed by atoms with Crippen LogP contribution in [0.2, 0.25) is 0 Å². The van der Waals surface area contributed by atoms with E-state index < -0.39 is 0 Å². The van der Waals surface area contributed by atoms with Gasteiger partial charge in [-0.2, -0.15) is 0 Å². The quantitative estimate of drug-likeness (QED) is 0.523. The summed E-state index contributed by atoms with van der Waals surface area (Å²) < 4.78 is 10.9. The fraction of sp³-hybridized carbons (Fsp3) is 0.895. The third-order valence-corrected chi connectivity index (χ3v) is 5.76. The van der Waals surface area contributed by atoms with Gasteiger partial charge in [-0.05, 0) is 31.6 Å². The van der Waals surface area contributed by atoms with Crippen molar-refractivity contribution in [2.24, 2.45) is 23.7 Å². The number of hydrogen-bond acceptors (Lipinski definition) is 4. The molecule has 2 fully saturated rings. The van der Waals surface area contributed by atoms with Crippen molar-refractivity contribution >= 4 is 23.5 Å². The summed E-state index contributed by atoms with van der Waals surface area (Å²) in [5.74, 6) is -0.623. The van der Waals surface area contributed by atoms with E-state index in [1.54, 1.807) is 0 Å². The SMILES string of the molecule is CC(C)COC(=O)C1CCCCC1C(=O)OCC1CCCCC1Cl. The zero-order valence-electron chi connectivity index (χ0n) is 15.0. The number of carbonyl (C=O) groups excluding carboxylic acids is 2. The summed E-state index contributed by atoms with van der Waals surface area (Å²) in [4.78, 5) is 24.9. The van der Waals surface area contributed by atoms with Crippen molar-refractivity contribution < 1.29 is 19.1 Å². The van der Waals surface area contributed by atoms with Gasteiger partial charge in [-0.1, -0.05) is 39.5 Å². The molecule has 0 bridgehead atoms. The molecule has 0 heterocycles. The van der Waals surface area contributed by atoms with Crippen LogP contribution in [-0.2, 0) is 19.1 Å². The Hall–Kier alpha value is -0.770. The highest BCUT2D eigenvalue weighted by atomic mass is 35.5. The zero-order chi connectivity index (χ0) is 17.5. The molecule has 4 atom stereocenters. The van der Waals surface area contributed by atoms with Crippen LogP contribution in [-0.4, -0.2) is 30.5 Å². The van der Waals surface area contributed by atoms with Crippen molar-refractivity contribution in [1.82, 2.24) is 0 Å². The first-order valence-electron chi connectivity index (χ1n) is 9.46. The Morgan fingerprint density at radius 3 is 2.04 bits per heavy atom. The minimum absolute atomic E-state index is 0.102. The second-order valence-corrected chi connectivity index (χ2v) is 8.27. The van der Waals surface area contributed by atoms with E-state index in [0.717, 1.165) is 51.4 Å². The summed E-state index contributed by atoms with van der Waals surface area (Å²) in [5, 5.41) is 0.102. The molecule has 2 saturated carbocycles. The molecule has 0 saturated heterocycles. The van der Waals surface area contributed by atoms with E-state index in [-0.39, 0.29) is 35.1 Å². The molecule has 0 amide bonds. The molecule has 0 aliphatic heterocycles. The van der Waals surface area contributed by atoms with Crippen molar-refractivity contribution in [3.63, 3.8) is 0 Å². The number of hydrogen-bond donors (Lipinski definition) is 0. The van der Waals surface area contributed by atoms with Crippen LogP contribution >= 0.6 is 11.6 Å². The first-order chi connectivity index (χ1) is 11.5. The van der Waals surface area contributed by atoms with Crippen molar-refractivity contribution in [3.05, 3.63) is 0 Å². The molecule has 0 radical (unpaired) electrons. The molecule has 5 heteroatoms. The van der Waals surface area contributed by atoms with Gasteiger partial charge in [0, 0.05) is 11.3 Å². The topological polar surface area (TPSA) is 52.6 Å². The molecule has 24 heavy (non-hydrogen) atoms. The Balaban J connectivity index is 1.86. The monoisotopic (exact) mass is 358 g/mol. The van der Waals surface area contributed by atoms with Crippen molar-refractivity contribution in [2.45, 2.75) is 70.6 Å². The van der Waals surface area contributed by atoms with E-state index in [4.69, 9.17) is 21.1 Å². The van der Waals surface area contributed by atoms with Gasteiger partial charge in [-0.3, -0.25) is 9.59 Å². The minimum Gasteiger partial charge on any atom is -0.465 e. The van der Waals surface area contributed by atoms with Gasteiger partial charge in [0.1, 0.15) is 0 Å². The summed E-state index contributed by atoms with van der Waals surface area (Å²) in [5.41, 5.74) is 0. The summed E-state index contributed by atoms with van der Waals surface area (Å²) >= 11 is 6.34. The highest BCUT2D eigenvalue weighted by Crippen LogP contribution is 2.33. The first kappa shape index (κ1) is 19.6. The molecule has 4 unspecified atom stereocenters. The molecule has 2 aliphatic rings. The molecule has 0 aromatic heterocycles. The maximum absolute atomic E-state index is 12.5. The largest absolute Gasteiger partial charge is 0.465 e. The third kappa shape index (κ3) is 5.65. The number of esters is 2. The van der Waals surface area contributed by atoms with Gasteiger partial charge >= 0.3 is 11.9 Å². The van der Waals surface area contributed by atoms with E-state index in [9.17, 15) is 9.59 Å². The molecule has 4 nitrogen and oxygen atoms in total. The number of carbonyl (C=O) groups is 2. The Kier molecular flexibility index (Phi) is 7.86. The van der Waals surface area contributed by atoms with E-state index >= 15 is 0 Å². The maximum atomic E-state index is 12.5. The normalized spacial score (nSPS) is 30.8. The van der Waals surface area contributed by atoms with Crippen LogP contribution in [0.15, 0.2) is 0 Å². The standard InChI is InChI=1S/C19H31ClO4/c1-13(2)11-23-18(21)15-8-4-5-9-16(15)19(22)24-12-14-7-3-6-10-17(14)20/h13-17H,3-12H2,1-2H3. The van der Waals surface area contributed by atoms with Gasteiger partial charge in [0.05, 0.1) is 25.0 Å². The predicted octanol–water partition coefficient (Wildman–Crippen LogP) is 4.33. The van der Waals surface area contributed by atoms with E-state index in [0.29, 0.717) is 19.1 Å². The first-order valence-corrected chi connectivity index (χ1v) is 9.90. The molecule has 138 valence electrons. The lowest BCUT2D eigenvalue weighted by atomic mass is 9.79. The molecule has 0 aromatic rings. The van der Waals surface area contributed by atoms with Crippen LogP contribution in [0.1, 0.15) is 65.2 Å². The average Bonchev–Trinajstić information content (AvgIpc) is 2.58. The van der Waals surface area contributed by atoms with Gasteiger partial charge < -0.3 is 9.47 Å². The van der Waals surface area contributed by atoms with Crippen LogP contribution < -0.4 is 0 Å². The zero-order valence-corrected chi connectivity index (χ0v) is 15.7. The Labute approximate surface area is 150 Å². The Morgan fingerprint density at radius 2 is 1.46 bits per heavy atom. The number of rotatable bonds is 6. The van der Waals surface area contributed by atoms with Gasteiger partial charge in [0.15, 0.2) is 0 Å². The molecule has 0 N–H and O–H groups in total. The molecular weight excluding hydrogens is 328 g/mol. The van der Waals surface area contributed by atoms with E-state index in [1.165, 1.54) is 0 Å². The van der Waals surface area contributed by atoms with Crippen LogP contribution in [0.4, 0.5) is 0 Å². The van der Waals surface area contributed by atoms with Crippen LogP contribution in [0.25, 0.3) is 0 Å². The molecule has 0 aromatic carbocycles. The fourth-order valence-electron chi connectivity index (χ4n) is 3.70. The maximum Gasteiger partial charge on any atom is 0.309 e. The second-order valence-electron chi connectivity index (χ2n) is 7.71. The van der Waals surface area contributed by atoms with Crippen molar-refractivity contribution in [2.75, 3.05) is 13.2 Å². The molecular formula is C19H31ClO4. The summed E-state index contributed by atoms with van der Waals surface area (Å²) in [6.07, 6.45) is 7.70. The highest BCUT2D eigenvalue weighted by molar-refractivity contribution is 6.20. The van der Waals surface area contributed by atoms with Crippen molar-refractivity contribution in [1.29, 1.82) is 0 Å². The third-order valence-electron chi connectivity index (χ3n) is 5.19. The van der Waals surface area contributed by atoms with Gasteiger partial charge in [-0.15, -0.1) is 11.6 Å². The lowest BCUT2D eigenvalue weighted by Crippen LogP contribution is -2.36. The van der Waals surface area contributed by atoms with Crippen molar-refractivity contribution in [3.8, 4) is 0 Å². The lowest BCUT2D eigenvalue weighted by Gasteiger charge is -2.30. The highest BCUT2D eigenvalue weighted by Gasteiger charge is 2.38. The van der Waals surface area contributed by atoms with Gasteiger partial charge in [0.2, 0.25) is 0 Å². The second kappa shape index (κ2) is 9.65. The van der Waals surface area contributed by atoms with Crippen LogP contribution in [0.3, 0.4) is 0 Å². The summed E-state index contributed by atoms with van der Waals surface area (Å²) in [7, 11) is 0. The van der Waals surface area contributed by atoms with Gasteiger partial charge in [-0.25, -0.2) is 0 Å². The predicted molar refractivity (Wildman–Crippen MR) is 93.8 cm³/mol.